The van der Waals surface area contributed by atoms with E-state index >= 15 is 0 Å². The Kier molecular flexibility index (Phi) is 7.13. The lowest BCUT2D eigenvalue weighted by Gasteiger charge is -2.24. The van der Waals surface area contributed by atoms with Crippen LogP contribution in [0.1, 0.15) is 43.9 Å². The molecular formula is C25H27NO5. The number of carbonyl (C=O) groups is 2. The van der Waals surface area contributed by atoms with Crippen molar-refractivity contribution in [1.82, 2.24) is 5.32 Å². The number of hydrogen-bond acceptors (Lipinski definition) is 5. The zero-order chi connectivity index (χ0) is 22.4. The molecular weight excluding hydrogens is 394 g/mol. The number of esters is 1. The second-order valence-corrected chi connectivity index (χ2v) is 7.16. The van der Waals surface area contributed by atoms with E-state index in [0.29, 0.717) is 29.2 Å². The molecule has 0 spiro atoms. The van der Waals surface area contributed by atoms with E-state index < -0.39 is 12.0 Å². The highest BCUT2D eigenvalue weighted by Gasteiger charge is 2.25. The van der Waals surface area contributed by atoms with Crippen molar-refractivity contribution in [2.24, 2.45) is 0 Å². The Bertz CT molecular complexity index is 1090. The molecule has 0 aliphatic carbocycles. The summed E-state index contributed by atoms with van der Waals surface area (Å²) >= 11 is 0. The van der Waals surface area contributed by atoms with Crippen LogP contribution < -0.4 is 19.5 Å². The second-order valence-electron chi connectivity index (χ2n) is 7.16. The second kappa shape index (κ2) is 9.98. The highest BCUT2D eigenvalue weighted by Crippen LogP contribution is 2.39. The van der Waals surface area contributed by atoms with Crippen LogP contribution in [-0.2, 0) is 9.59 Å². The third kappa shape index (κ3) is 4.97. The first-order valence-electron chi connectivity index (χ1n) is 10.2. The molecule has 0 unspecified atom stereocenters. The van der Waals surface area contributed by atoms with Gasteiger partial charge < -0.3 is 19.5 Å². The van der Waals surface area contributed by atoms with Crippen LogP contribution in [-0.4, -0.2) is 26.1 Å². The van der Waals surface area contributed by atoms with Crippen molar-refractivity contribution in [3.05, 3.63) is 65.7 Å². The predicted octanol–water partition coefficient (Wildman–Crippen LogP) is 4.79. The molecule has 0 aromatic heterocycles. The third-order valence-electron chi connectivity index (χ3n) is 5.00. The summed E-state index contributed by atoms with van der Waals surface area (Å²) in [6.45, 7) is 3.31. The lowest BCUT2D eigenvalue weighted by molar-refractivity contribution is -0.131. The van der Waals surface area contributed by atoms with E-state index in [1.807, 2.05) is 49.4 Å². The normalized spacial score (nSPS) is 11.6. The van der Waals surface area contributed by atoms with Gasteiger partial charge in [0.15, 0.2) is 11.5 Å². The van der Waals surface area contributed by atoms with Gasteiger partial charge in [-0.15, -0.1) is 0 Å². The van der Waals surface area contributed by atoms with Crippen molar-refractivity contribution in [1.29, 1.82) is 0 Å². The van der Waals surface area contributed by atoms with Crippen LogP contribution in [0.25, 0.3) is 10.8 Å². The van der Waals surface area contributed by atoms with Gasteiger partial charge in [0, 0.05) is 18.9 Å². The SMILES string of the molecule is CCCC(=O)N[C@H](c1ccc(OC)c(OC)c1)c1c(OC(C)=O)ccc2ccccc12. The zero-order valence-electron chi connectivity index (χ0n) is 18.2. The van der Waals surface area contributed by atoms with Crippen LogP contribution in [0.5, 0.6) is 17.2 Å². The Morgan fingerprint density at radius 3 is 2.32 bits per heavy atom. The number of ether oxygens (including phenoxy) is 3. The molecule has 0 aliphatic heterocycles. The summed E-state index contributed by atoms with van der Waals surface area (Å²) in [6.07, 6.45) is 1.11. The summed E-state index contributed by atoms with van der Waals surface area (Å²) < 4.78 is 16.4. The van der Waals surface area contributed by atoms with E-state index in [9.17, 15) is 9.59 Å². The van der Waals surface area contributed by atoms with Crippen molar-refractivity contribution in [2.75, 3.05) is 14.2 Å². The maximum atomic E-state index is 12.7. The minimum absolute atomic E-state index is 0.0935. The fourth-order valence-corrected chi connectivity index (χ4v) is 3.63. The summed E-state index contributed by atoms with van der Waals surface area (Å²) in [5, 5.41) is 4.98. The summed E-state index contributed by atoms with van der Waals surface area (Å²) in [5.74, 6) is 1.02. The Morgan fingerprint density at radius 1 is 0.935 bits per heavy atom. The van der Waals surface area contributed by atoms with Crippen LogP contribution in [0.4, 0.5) is 0 Å². The summed E-state index contributed by atoms with van der Waals surface area (Å²) in [4.78, 5) is 24.5. The van der Waals surface area contributed by atoms with Gasteiger partial charge in [-0.1, -0.05) is 43.3 Å². The van der Waals surface area contributed by atoms with E-state index in [2.05, 4.69) is 5.32 Å². The van der Waals surface area contributed by atoms with Gasteiger partial charge in [0.25, 0.3) is 0 Å². The molecule has 6 nitrogen and oxygen atoms in total. The van der Waals surface area contributed by atoms with Gasteiger partial charge in [-0.25, -0.2) is 0 Å². The van der Waals surface area contributed by atoms with E-state index in [1.54, 1.807) is 26.4 Å². The first-order valence-corrected chi connectivity index (χ1v) is 10.2. The molecule has 1 amide bonds. The number of amides is 1. The highest BCUT2D eigenvalue weighted by atomic mass is 16.5. The lowest BCUT2D eigenvalue weighted by atomic mass is 9.92. The molecule has 0 heterocycles. The van der Waals surface area contributed by atoms with Gasteiger partial charge >= 0.3 is 5.97 Å². The summed E-state index contributed by atoms with van der Waals surface area (Å²) in [7, 11) is 3.13. The molecule has 162 valence electrons. The highest BCUT2D eigenvalue weighted by molar-refractivity contribution is 5.90. The molecule has 1 N–H and O–H groups in total. The molecule has 0 aliphatic rings. The Balaban J connectivity index is 2.25. The predicted molar refractivity (Wildman–Crippen MR) is 120 cm³/mol. The fraction of sp³-hybridized carbons (Fsp3) is 0.280. The number of nitrogens with one attached hydrogen (secondary N) is 1. The van der Waals surface area contributed by atoms with E-state index in [-0.39, 0.29) is 5.91 Å². The Morgan fingerprint density at radius 2 is 1.65 bits per heavy atom. The quantitative estimate of drug-likeness (QED) is 0.418. The molecule has 0 fully saturated rings. The van der Waals surface area contributed by atoms with Crippen LogP contribution in [0.2, 0.25) is 0 Å². The molecule has 3 aromatic carbocycles. The minimum atomic E-state index is -0.556. The van der Waals surface area contributed by atoms with Crippen LogP contribution in [0, 0.1) is 0 Å². The molecule has 0 saturated heterocycles. The molecule has 0 bridgehead atoms. The van der Waals surface area contributed by atoms with Crippen molar-refractivity contribution in [3.8, 4) is 17.2 Å². The van der Waals surface area contributed by atoms with Crippen LogP contribution in [0.15, 0.2) is 54.6 Å². The molecule has 0 saturated carbocycles. The van der Waals surface area contributed by atoms with Crippen molar-refractivity contribution >= 4 is 22.6 Å². The number of rotatable bonds is 8. The van der Waals surface area contributed by atoms with E-state index in [4.69, 9.17) is 14.2 Å². The van der Waals surface area contributed by atoms with Gasteiger partial charge in [0.05, 0.1) is 20.3 Å². The van der Waals surface area contributed by atoms with Gasteiger partial charge in [-0.3, -0.25) is 9.59 Å². The van der Waals surface area contributed by atoms with E-state index in [1.165, 1.54) is 6.92 Å². The average molecular weight is 421 g/mol. The first kappa shape index (κ1) is 22.2. The molecule has 1 atom stereocenters. The van der Waals surface area contributed by atoms with Crippen molar-refractivity contribution in [2.45, 2.75) is 32.7 Å². The first-order chi connectivity index (χ1) is 15.0. The molecule has 6 heteroatoms. The largest absolute Gasteiger partial charge is 0.493 e. The van der Waals surface area contributed by atoms with Crippen molar-refractivity contribution < 1.29 is 23.8 Å². The van der Waals surface area contributed by atoms with Gasteiger partial charge in [0.2, 0.25) is 5.91 Å². The van der Waals surface area contributed by atoms with E-state index in [0.717, 1.165) is 22.8 Å². The smallest absolute Gasteiger partial charge is 0.308 e. The third-order valence-corrected chi connectivity index (χ3v) is 5.00. The van der Waals surface area contributed by atoms with Gasteiger partial charge in [0.1, 0.15) is 5.75 Å². The molecule has 3 rings (SSSR count). The number of benzene rings is 3. The molecule has 31 heavy (non-hydrogen) atoms. The maximum absolute atomic E-state index is 12.7. The maximum Gasteiger partial charge on any atom is 0.308 e. The number of carbonyl (C=O) groups excluding carboxylic acids is 2. The zero-order valence-corrected chi connectivity index (χ0v) is 18.2. The summed E-state index contributed by atoms with van der Waals surface area (Å²) in [6, 6.07) is 16.4. The minimum Gasteiger partial charge on any atom is -0.493 e. The standard InChI is InChI=1S/C25H27NO5/c1-5-8-23(28)26-25(18-12-13-20(29-3)22(15-18)30-4)24-19-10-7-6-9-17(19)11-14-21(24)31-16(2)27/h6-7,9-15,25H,5,8H2,1-4H3,(H,26,28)/t25-/m1/s1. The van der Waals surface area contributed by atoms with Crippen LogP contribution in [0.3, 0.4) is 0 Å². The topological polar surface area (TPSA) is 73.9 Å². The average Bonchev–Trinajstić information content (AvgIpc) is 2.77. The monoisotopic (exact) mass is 421 g/mol. The molecule has 3 aromatic rings. The number of fused-ring (bicyclic) bond motifs is 1. The molecule has 0 radical (unpaired) electrons. The number of hydrogen-bond donors (Lipinski definition) is 1. The number of methoxy groups -OCH3 is 2. The van der Waals surface area contributed by atoms with Crippen molar-refractivity contribution in [3.63, 3.8) is 0 Å². The van der Waals surface area contributed by atoms with Crippen LogP contribution >= 0.6 is 0 Å². The Hall–Kier alpha value is -3.54. The lowest BCUT2D eigenvalue weighted by Crippen LogP contribution is -2.29. The fourth-order valence-electron chi connectivity index (χ4n) is 3.63. The van der Waals surface area contributed by atoms with Gasteiger partial charge in [-0.2, -0.15) is 0 Å². The summed E-state index contributed by atoms with van der Waals surface area (Å²) in [5.41, 5.74) is 1.50. The van der Waals surface area contributed by atoms with Gasteiger partial charge in [-0.05, 0) is 41.0 Å². The Labute approximate surface area is 182 Å².